The van der Waals surface area contributed by atoms with E-state index in [9.17, 15) is 31.4 Å². The molecule has 1 unspecified atom stereocenters. The molecular weight excluding hydrogens is 420 g/mol. The molecule has 1 atom stereocenters. The van der Waals surface area contributed by atoms with Gasteiger partial charge in [-0.3, -0.25) is 0 Å². The van der Waals surface area contributed by atoms with E-state index >= 15 is 0 Å². The van der Waals surface area contributed by atoms with Crippen LogP contribution in [0.25, 0.3) is 22.4 Å². The van der Waals surface area contributed by atoms with Crippen molar-refractivity contribution in [2.45, 2.75) is 37.7 Å². The van der Waals surface area contributed by atoms with Crippen molar-refractivity contribution in [2.75, 3.05) is 0 Å². The molecule has 1 heterocycles. The van der Waals surface area contributed by atoms with Crippen LogP contribution in [0.5, 0.6) is 0 Å². The zero-order valence-electron chi connectivity index (χ0n) is 16.1. The molecule has 0 fully saturated rings. The summed E-state index contributed by atoms with van der Waals surface area (Å²) in [5.41, 5.74) is -0.0158. The SMILES string of the molecule is OC1CCCc2cc(-c3cccc(C(F)(F)F)c3)c(-c3cccc(C(F)(F)F)c3)nc21. The second-order valence-corrected chi connectivity index (χ2v) is 7.49. The van der Waals surface area contributed by atoms with Crippen molar-refractivity contribution < 1.29 is 31.4 Å². The first-order valence-electron chi connectivity index (χ1n) is 9.61. The van der Waals surface area contributed by atoms with E-state index in [1.54, 1.807) is 6.07 Å². The highest BCUT2D eigenvalue weighted by Gasteiger charge is 2.32. The van der Waals surface area contributed by atoms with Crippen molar-refractivity contribution >= 4 is 0 Å². The third kappa shape index (κ3) is 4.30. The number of hydrogen-bond donors (Lipinski definition) is 1. The Balaban J connectivity index is 1.96. The van der Waals surface area contributed by atoms with Crippen LogP contribution in [0.3, 0.4) is 0 Å². The lowest BCUT2D eigenvalue weighted by molar-refractivity contribution is -0.138. The first-order valence-corrected chi connectivity index (χ1v) is 9.61. The second kappa shape index (κ2) is 7.67. The summed E-state index contributed by atoms with van der Waals surface area (Å²) in [7, 11) is 0. The lowest BCUT2D eigenvalue weighted by Gasteiger charge is -2.23. The highest BCUT2D eigenvalue weighted by molar-refractivity contribution is 5.82. The molecule has 2 nitrogen and oxygen atoms in total. The number of halogens is 6. The summed E-state index contributed by atoms with van der Waals surface area (Å²) >= 11 is 0. The number of aromatic nitrogens is 1. The van der Waals surface area contributed by atoms with Crippen LogP contribution in [0.1, 0.15) is 41.3 Å². The van der Waals surface area contributed by atoms with Crippen molar-refractivity contribution in [3.05, 3.63) is 77.0 Å². The Kier molecular flexibility index (Phi) is 5.29. The molecule has 0 bridgehead atoms. The number of hydrogen-bond acceptors (Lipinski definition) is 2. The zero-order valence-corrected chi connectivity index (χ0v) is 16.1. The Bertz CT molecular complexity index is 1120. The molecule has 3 aromatic rings. The molecule has 0 aliphatic heterocycles. The van der Waals surface area contributed by atoms with Crippen LogP contribution >= 0.6 is 0 Å². The maximum atomic E-state index is 13.2. The Hall–Kier alpha value is -2.87. The predicted molar refractivity (Wildman–Crippen MR) is 103 cm³/mol. The number of alkyl halides is 6. The van der Waals surface area contributed by atoms with E-state index in [4.69, 9.17) is 0 Å². The highest BCUT2D eigenvalue weighted by Crippen LogP contribution is 2.40. The van der Waals surface area contributed by atoms with Gasteiger partial charge in [-0.05, 0) is 60.7 Å². The van der Waals surface area contributed by atoms with E-state index in [1.165, 1.54) is 24.3 Å². The lowest BCUT2D eigenvalue weighted by Crippen LogP contribution is -2.13. The molecule has 8 heteroatoms. The quantitative estimate of drug-likeness (QED) is 0.446. The van der Waals surface area contributed by atoms with Crippen LogP contribution in [-0.2, 0) is 18.8 Å². The Morgan fingerprint density at radius 2 is 1.39 bits per heavy atom. The molecule has 0 radical (unpaired) electrons. The molecule has 1 aliphatic rings. The number of fused-ring (bicyclic) bond motifs is 1. The summed E-state index contributed by atoms with van der Waals surface area (Å²) < 4.78 is 79.4. The van der Waals surface area contributed by atoms with Crippen LogP contribution in [0.4, 0.5) is 26.3 Å². The molecule has 1 aromatic heterocycles. The third-order valence-electron chi connectivity index (χ3n) is 5.34. The summed E-state index contributed by atoms with van der Waals surface area (Å²) in [5, 5.41) is 10.3. The molecule has 1 N–H and O–H groups in total. The predicted octanol–water partition coefficient (Wildman–Crippen LogP) is 6.82. The summed E-state index contributed by atoms with van der Waals surface area (Å²) in [6.45, 7) is 0. The Morgan fingerprint density at radius 1 is 0.806 bits per heavy atom. The summed E-state index contributed by atoms with van der Waals surface area (Å²) in [6.07, 6.45) is -8.30. The van der Waals surface area contributed by atoms with Gasteiger partial charge in [-0.1, -0.05) is 24.3 Å². The van der Waals surface area contributed by atoms with E-state index in [-0.39, 0.29) is 16.8 Å². The fourth-order valence-corrected chi connectivity index (χ4v) is 3.83. The zero-order chi connectivity index (χ0) is 22.4. The maximum absolute atomic E-state index is 13.2. The maximum Gasteiger partial charge on any atom is 0.416 e. The lowest BCUT2D eigenvalue weighted by atomic mass is 9.88. The van der Waals surface area contributed by atoms with Crippen molar-refractivity contribution in [3.63, 3.8) is 0 Å². The Morgan fingerprint density at radius 3 is 2.00 bits per heavy atom. The average Bonchev–Trinajstić information content (AvgIpc) is 2.72. The molecule has 4 rings (SSSR count). The normalized spacial score (nSPS) is 16.8. The Labute approximate surface area is 174 Å². The third-order valence-corrected chi connectivity index (χ3v) is 5.34. The number of pyridine rings is 1. The van der Waals surface area contributed by atoms with Crippen molar-refractivity contribution in [1.82, 2.24) is 4.98 Å². The molecule has 0 saturated carbocycles. The minimum Gasteiger partial charge on any atom is -0.387 e. The van der Waals surface area contributed by atoms with Gasteiger partial charge in [-0.25, -0.2) is 4.98 Å². The number of aliphatic hydroxyl groups excluding tert-OH is 1. The second-order valence-electron chi connectivity index (χ2n) is 7.49. The average molecular weight is 437 g/mol. The molecule has 31 heavy (non-hydrogen) atoms. The van der Waals surface area contributed by atoms with Gasteiger partial charge < -0.3 is 5.11 Å². The van der Waals surface area contributed by atoms with Crippen molar-refractivity contribution in [2.24, 2.45) is 0 Å². The van der Waals surface area contributed by atoms with E-state index < -0.39 is 29.6 Å². The van der Waals surface area contributed by atoms with Crippen molar-refractivity contribution in [3.8, 4) is 22.4 Å². The molecule has 1 aliphatic carbocycles. The minimum atomic E-state index is -4.58. The molecule has 0 spiro atoms. The number of rotatable bonds is 2. The first-order chi connectivity index (χ1) is 14.5. The number of aliphatic hydroxyl groups is 1. The highest BCUT2D eigenvalue weighted by atomic mass is 19.4. The van der Waals surface area contributed by atoms with Crippen LogP contribution < -0.4 is 0 Å². The van der Waals surface area contributed by atoms with Gasteiger partial charge in [0.25, 0.3) is 0 Å². The molecule has 2 aromatic carbocycles. The van der Waals surface area contributed by atoms with Crippen LogP contribution in [0.15, 0.2) is 54.6 Å². The topological polar surface area (TPSA) is 33.1 Å². The number of aryl methyl sites for hydroxylation is 1. The smallest absolute Gasteiger partial charge is 0.387 e. The van der Waals surface area contributed by atoms with Gasteiger partial charge in [-0.15, -0.1) is 0 Å². The molecule has 0 saturated heterocycles. The van der Waals surface area contributed by atoms with E-state index in [2.05, 4.69) is 4.98 Å². The van der Waals surface area contributed by atoms with Gasteiger partial charge >= 0.3 is 12.4 Å². The van der Waals surface area contributed by atoms with Crippen LogP contribution in [0.2, 0.25) is 0 Å². The molecular formula is C23H17F6NO. The van der Waals surface area contributed by atoms with Gasteiger partial charge in [0.1, 0.15) is 0 Å². The summed E-state index contributed by atoms with van der Waals surface area (Å²) in [6, 6.07) is 10.7. The van der Waals surface area contributed by atoms with Gasteiger partial charge in [0.2, 0.25) is 0 Å². The van der Waals surface area contributed by atoms with E-state index in [0.717, 1.165) is 24.3 Å². The van der Waals surface area contributed by atoms with E-state index in [1.807, 2.05) is 0 Å². The van der Waals surface area contributed by atoms with Crippen molar-refractivity contribution in [1.29, 1.82) is 0 Å². The number of nitrogens with zero attached hydrogens (tertiary/aromatic N) is 1. The van der Waals surface area contributed by atoms with Crippen LogP contribution in [-0.4, -0.2) is 10.1 Å². The molecule has 162 valence electrons. The van der Waals surface area contributed by atoms with Gasteiger partial charge in [0.05, 0.1) is 28.6 Å². The summed E-state index contributed by atoms with van der Waals surface area (Å²) in [5.74, 6) is 0. The van der Waals surface area contributed by atoms with Crippen LogP contribution in [0, 0.1) is 0 Å². The standard InChI is InChI=1S/C23H17F6NO/c24-22(25,26)16-7-1-4-13(10-16)18-12-15-6-3-9-19(31)21(15)30-20(18)14-5-2-8-17(11-14)23(27,28)29/h1-2,4-5,7-8,10-12,19,31H,3,6,9H2. The van der Waals surface area contributed by atoms with Gasteiger partial charge in [-0.2, -0.15) is 26.3 Å². The number of benzene rings is 2. The fourth-order valence-electron chi connectivity index (χ4n) is 3.83. The minimum absolute atomic E-state index is 0.102. The summed E-state index contributed by atoms with van der Waals surface area (Å²) in [4.78, 5) is 4.46. The van der Waals surface area contributed by atoms with Gasteiger partial charge in [0, 0.05) is 11.1 Å². The first kappa shape index (κ1) is 21.4. The molecule has 0 amide bonds. The fraction of sp³-hybridized carbons (Fsp3) is 0.261. The monoisotopic (exact) mass is 437 g/mol. The van der Waals surface area contributed by atoms with E-state index in [0.29, 0.717) is 36.1 Å². The largest absolute Gasteiger partial charge is 0.416 e. The van der Waals surface area contributed by atoms with Gasteiger partial charge in [0.15, 0.2) is 0 Å².